The second-order valence-corrected chi connectivity index (χ2v) is 32.5. The Labute approximate surface area is 712 Å². The second kappa shape index (κ2) is 29.0. The van der Waals surface area contributed by atoms with Crippen molar-refractivity contribution in [2.24, 2.45) is 0 Å². The van der Waals surface area contributed by atoms with E-state index in [1.807, 2.05) is 103 Å². The molecule has 17 aromatic carbocycles. The summed E-state index contributed by atoms with van der Waals surface area (Å²) in [6, 6.07) is 140. The average molecular weight is 1590 g/mol. The molecule has 124 heavy (non-hydrogen) atoms. The number of rotatable bonds is 9. The van der Waals surface area contributed by atoms with Crippen LogP contribution >= 0.6 is 0 Å². The maximum Gasteiger partial charge on any atom is 0.235 e. The van der Waals surface area contributed by atoms with Gasteiger partial charge in [0.25, 0.3) is 0 Å². The number of hydrogen-bond donors (Lipinski definition) is 0. The molecule has 0 saturated carbocycles. The minimum absolute atomic E-state index is 0.0999. The standard InChI is InChI=1S/C41H29N3.C38H23N3O.C34H21N3O/c1-41(2)34-17-9-6-14-29(34)32-24-33-30-15-8-11-19-37(30)44(38(33)25-35(32)41)40-42-36-18-10-7-16-31(36)39(43-40)28-22-20-27(21-23-28)26-12-4-3-5-13-26;1-2-10-24(11-3-1)25-18-20-26(21-19-25)36-29-13-4-7-15-31(29)39-38(40-36)41-32-16-8-5-14-30(32)35-33(41)23-22-28-27-12-6-9-17-34(27)42-37(28)35;1-3-11-21(12-4-1)32-35-33(22-13-5-2-6-14-22)37-34(36-32)30-25-17-8-7-16-24(25)29-27(30)20-19-26-23-15-9-10-18-28(23)38-31(26)29/h3-25H,1-2H3;1-23H;1-20,30H. The molecular weight excluding hydrogens is 1520 g/mol. The quantitative estimate of drug-likeness (QED) is 0.139. The zero-order chi connectivity index (χ0) is 82.1. The van der Waals surface area contributed by atoms with Crippen molar-refractivity contribution in [1.29, 1.82) is 0 Å². The summed E-state index contributed by atoms with van der Waals surface area (Å²) in [7, 11) is 0. The fraction of sp³-hybridized carbons (Fsp3) is 0.0354. The van der Waals surface area contributed by atoms with Gasteiger partial charge in [0.15, 0.2) is 11.6 Å². The molecule has 7 heterocycles. The predicted octanol–water partition coefficient (Wildman–Crippen LogP) is 28.6. The predicted molar refractivity (Wildman–Crippen MR) is 505 cm³/mol. The Balaban J connectivity index is 0.000000105. The van der Waals surface area contributed by atoms with E-state index in [2.05, 4.69) is 320 Å². The first kappa shape index (κ1) is 71.7. The van der Waals surface area contributed by atoms with Gasteiger partial charge in [-0.3, -0.25) is 9.13 Å². The number of furan rings is 2. The van der Waals surface area contributed by atoms with Crippen molar-refractivity contribution in [3.63, 3.8) is 0 Å². The SMILES string of the molecule is CC1(C)c2ccccc2-c2cc3c4ccccc4n(-c4nc(-c5ccc(-c6ccccc6)cc5)c5ccccc5n4)c3cc21.c1ccc(-c2ccc(-c3nc(-n4c5ccccc5c5c6oc7ccccc7c6ccc54)nc4ccccc34)cc2)cc1.c1ccc(-c2nc(-c3ccccc3)nc(C3c4ccccc4-c4c3ccc3c4oc4ccccc43)n2)cc1. The highest BCUT2D eigenvalue weighted by atomic mass is 16.3. The van der Waals surface area contributed by atoms with E-state index in [9.17, 15) is 0 Å². The van der Waals surface area contributed by atoms with E-state index in [1.54, 1.807) is 0 Å². The first-order valence-corrected chi connectivity index (χ1v) is 42.0. The zero-order valence-electron chi connectivity index (χ0n) is 67.5. The fourth-order valence-corrected chi connectivity index (χ4v) is 19.2. The number of nitrogens with zero attached hydrogens (tertiary/aromatic N) is 9. The van der Waals surface area contributed by atoms with Gasteiger partial charge in [-0.25, -0.2) is 34.9 Å². The highest BCUT2D eigenvalue weighted by Crippen LogP contribution is 2.54. The lowest BCUT2D eigenvalue weighted by Crippen LogP contribution is -2.15. The summed E-state index contributed by atoms with van der Waals surface area (Å²) in [6.07, 6.45) is 0. The van der Waals surface area contributed by atoms with Crippen LogP contribution in [-0.2, 0) is 5.41 Å². The van der Waals surface area contributed by atoms with Crippen LogP contribution in [0.4, 0.5) is 0 Å². The topological polar surface area (TPSA) is 126 Å². The Kier molecular flexibility index (Phi) is 16.8. The molecule has 0 radical (unpaired) electrons. The largest absolute Gasteiger partial charge is 0.455 e. The Morgan fingerprint density at radius 2 is 0.685 bits per heavy atom. The molecule has 2 aliphatic carbocycles. The van der Waals surface area contributed by atoms with Gasteiger partial charge >= 0.3 is 0 Å². The van der Waals surface area contributed by atoms with Gasteiger partial charge in [-0.2, -0.15) is 0 Å². The van der Waals surface area contributed by atoms with Crippen molar-refractivity contribution in [3.05, 3.63) is 428 Å². The normalized spacial score (nSPS) is 13.1. The zero-order valence-corrected chi connectivity index (χ0v) is 67.5. The van der Waals surface area contributed by atoms with Crippen LogP contribution < -0.4 is 0 Å². The molecule has 0 spiro atoms. The fourth-order valence-electron chi connectivity index (χ4n) is 19.2. The molecule has 0 N–H and O–H groups in total. The van der Waals surface area contributed by atoms with Gasteiger partial charge in [0, 0.05) is 81.7 Å². The van der Waals surface area contributed by atoms with Crippen molar-refractivity contribution >= 4 is 109 Å². The summed E-state index contributed by atoms with van der Waals surface area (Å²) in [5, 5.41) is 11.2. The minimum atomic E-state index is -0.133. The van der Waals surface area contributed by atoms with Crippen LogP contribution in [0.3, 0.4) is 0 Å². The first-order valence-electron chi connectivity index (χ1n) is 42.0. The van der Waals surface area contributed by atoms with Crippen molar-refractivity contribution in [1.82, 2.24) is 44.0 Å². The molecule has 7 aromatic heterocycles. The van der Waals surface area contributed by atoms with Gasteiger partial charge in [0.1, 0.15) is 28.2 Å². The van der Waals surface area contributed by atoms with Gasteiger partial charge in [-0.1, -0.05) is 354 Å². The molecule has 0 amide bonds. The Morgan fingerprint density at radius 3 is 1.27 bits per heavy atom. The number of para-hydroxylation sites is 6. The Morgan fingerprint density at radius 1 is 0.258 bits per heavy atom. The molecule has 11 nitrogen and oxygen atoms in total. The van der Waals surface area contributed by atoms with E-state index >= 15 is 0 Å². The lowest BCUT2D eigenvalue weighted by molar-refractivity contribution is 0.661. The van der Waals surface area contributed by atoms with Crippen molar-refractivity contribution in [2.75, 3.05) is 0 Å². The monoisotopic (exact) mass is 1590 g/mol. The van der Waals surface area contributed by atoms with Gasteiger partial charge in [-0.15, -0.1) is 0 Å². The van der Waals surface area contributed by atoms with Crippen LogP contribution in [-0.4, -0.2) is 44.0 Å². The number of benzene rings is 17. The third kappa shape index (κ3) is 11.8. The van der Waals surface area contributed by atoms with Crippen molar-refractivity contribution in [3.8, 4) is 102 Å². The molecule has 0 saturated heterocycles. The summed E-state index contributed by atoms with van der Waals surface area (Å²) < 4.78 is 17.4. The molecule has 0 aliphatic heterocycles. The van der Waals surface area contributed by atoms with Crippen LogP contribution in [0.25, 0.3) is 211 Å². The van der Waals surface area contributed by atoms with Crippen molar-refractivity contribution < 1.29 is 8.83 Å². The maximum atomic E-state index is 6.48. The first-order chi connectivity index (χ1) is 61.3. The summed E-state index contributed by atoms with van der Waals surface area (Å²) in [6.45, 7) is 4.67. The van der Waals surface area contributed by atoms with E-state index in [0.717, 1.165) is 149 Å². The highest BCUT2D eigenvalue weighted by Gasteiger charge is 2.38. The van der Waals surface area contributed by atoms with Crippen LogP contribution in [0, 0.1) is 0 Å². The van der Waals surface area contributed by atoms with Crippen LogP contribution in [0.5, 0.6) is 0 Å². The second-order valence-electron chi connectivity index (χ2n) is 32.5. The number of aromatic nitrogens is 9. The molecule has 1 unspecified atom stereocenters. The lowest BCUT2D eigenvalue weighted by atomic mass is 9.82. The van der Waals surface area contributed by atoms with E-state index in [4.69, 9.17) is 43.7 Å². The van der Waals surface area contributed by atoms with E-state index in [1.165, 1.54) is 66.4 Å². The molecule has 2 aliphatic rings. The van der Waals surface area contributed by atoms with Crippen LogP contribution in [0.2, 0.25) is 0 Å². The summed E-state index contributed by atoms with van der Waals surface area (Å²) in [5.74, 6) is 3.27. The van der Waals surface area contributed by atoms with Gasteiger partial charge in [0.2, 0.25) is 11.9 Å². The van der Waals surface area contributed by atoms with Gasteiger partial charge < -0.3 is 8.83 Å². The Hall–Kier alpha value is -16.4. The third-order valence-electron chi connectivity index (χ3n) is 25.1. The van der Waals surface area contributed by atoms with E-state index in [-0.39, 0.29) is 11.3 Å². The highest BCUT2D eigenvalue weighted by molar-refractivity contribution is 6.24. The minimum Gasteiger partial charge on any atom is -0.455 e. The molecule has 1 atom stereocenters. The smallest absolute Gasteiger partial charge is 0.235 e. The number of hydrogen-bond acceptors (Lipinski definition) is 9. The number of fused-ring (bicyclic) bond motifs is 22. The lowest BCUT2D eigenvalue weighted by Gasteiger charge is -2.21. The van der Waals surface area contributed by atoms with Gasteiger partial charge in [0.05, 0.1) is 55.8 Å². The maximum absolute atomic E-state index is 6.48. The molecule has 24 aromatic rings. The van der Waals surface area contributed by atoms with E-state index < -0.39 is 0 Å². The van der Waals surface area contributed by atoms with Crippen LogP contribution in [0.15, 0.2) is 409 Å². The van der Waals surface area contributed by atoms with E-state index in [0.29, 0.717) is 23.5 Å². The molecule has 0 fully saturated rings. The third-order valence-corrected chi connectivity index (χ3v) is 25.1. The van der Waals surface area contributed by atoms with Crippen LogP contribution in [0.1, 0.15) is 47.8 Å². The van der Waals surface area contributed by atoms with Gasteiger partial charge in [-0.05, 0) is 122 Å². The summed E-state index contributed by atoms with van der Waals surface area (Å²) in [4.78, 5) is 36.0. The molecule has 0 bridgehead atoms. The molecule has 26 rings (SSSR count). The summed E-state index contributed by atoms with van der Waals surface area (Å²) in [5.41, 5.74) is 30.3. The summed E-state index contributed by atoms with van der Waals surface area (Å²) >= 11 is 0. The molecule has 582 valence electrons. The average Bonchev–Trinajstić information content (AvgIpc) is 1.56. The Bertz CT molecular complexity index is 8330. The molecular formula is C113H73N9O2. The van der Waals surface area contributed by atoms with Crippen molar-refractivity contribution in [2.45, 2.75) is 25.2 Å². The molecule has 11 heteroatoms.